The van der Waals surface area contributed by atoms with Crippen molar-refractivity contribution < 1.29 is 18.7 Å². The van der Waals surface area contributed by atoms with Gasteiger partial charge in [0.05, 0.1) is 19.7 Å². The molecule has 1 aromatic heterocycles. The number of amides is 1. The highest BCUT2D eigenvalue weighted by Gasteiger charge is 2.49. The molecule has 3 heterocycles. The number of aromatic nitrogens is 1. The lowest BCUT2D eigenvalue weighted by Crippen LogP contribution is -2.67. The Morgan fingerprint density at radius 3 is 3.14 bits per heavy atom. The van der Waals surface area contributed by atoms with E-state index < -0.39 is 5.82 Å². The van der Waals surface area contributed by atoms with E-state index in [1.54, 1.807) is 0 Å². The monoisotopic (exact) mass is 308 g/mol. The molecule has 0 aliphatic carbocycles. The summed E-state index contributed by atoms with van der Waals surface area (Å²) in [6.07, 6.45) is 4.20. The normalized spacial score (nSPS) is 23.2. The van der Waals surface area contributed by atoms with Gasteiger partial charge in [0.15, 0.2) is 5.82 Å². The number of ether oxygens (including phenoxy) is 2. The quantitative estimate of drug-likeness (QED) is 0.855. The van der Waals surface area contributed by atoms with E-state index in [1.807, 2.05) is 11.8 Å². The van der Waals surface area contributed by atoms with E-state index in [4.69, 9.17) is 9.47 Å². The number of carbonyl (C=O) groups excluding carboxylic acids is 1. The summed E-state index contributed by atoms with van der Waals surface area (Å²) in [6.45, 7) is 3.78. The van der Waals surface area contributed by atoms with Crippen LogP contribution in [0.5, 0.6) is 5.88 Å². The van der Waals surface area contributed by atoms with Crippen molar-refractivity contribution in [3.05, 3.63) is 24.1 Å². The molecule has 1 atom stereocenters. The summed E-state index contributed by atoms with van der Waals surface area (Å²) in [5.41, 5.74) is -0.322. The number of rotatable bonds is 4. The van der Waals surface area contributed by atoms with Crippen LogP contribution in [-0.2, 0) is 9.53 Å². The zero-order valence-corrected chi connectivity index (χ0v) is 12.8. The molecule has 3 rings (SSSR count). The topological polar surface area (TPSA) is 51.7 Å². The second-order valence-electron chi connectivity index (χ2n) is 6.05. The number of nitrogens with zero attached hydrogens (tertiary/aromatic N) is 2. The number of hydrogen-bond acceptors (Lipinski definition) is 4. The van der Waals surface area contributed by atoms with Gasteiger partial charge in [-0.15, -0.1) is 0 Å². The molecule has 0 N–H and O–H groups in total. The highest BCUT2D eigenvalue weighted by molar-refractivity contribution is 5.77. The second-order valence-corrected chi connectivity index (χ2v) is 6.05. The fourth-order valence-corrected chi connectivity index (χ4v) is 3.12. The summed E-state index contributed by atoms with van der Waals surface area (Å²) in [6, 6.07) is 2.88. The van der Waals surface area contributed by atoms with E-state index in [2.05, 4.69) is 4.98 Å². The van der Waals surface area contributed by atoms with Gasteiger partial charge in [-0.3, -0.25) is 4.79 Å². The van der Waals surface area contributed by atoms with Gasteiger partial charge in [-0.1, -0.05) is 6.92 Å². The van der Waals surface area contributed by atoms with E-state index in [-0.39, 0.29) is 23.5 Å². The van der Waals surface area contributed by atoms with E-state index in [0.717, 1.165) is 6.42 Å². The van der Waals surface area contributed by atoms with Crippen LogP contribution in [0.25, 0.3) is 0 Å². The third kappa shape index (κ3) is 3.06. The number of carbonyl (C=O) groups is 1. The summed E-state index contributed by atoms with van der Waals surface area (Å²) in [4.78, 5) is 17.6. The zero-order valence-electron chi connectivity index (χ0n) is 12.8. The summed E-state index contributed by atoms with van der Waals surface area (Å²) in [5.74, 6) is -0.227. The van der Waals surface area contributed by atoms with Crippen molar-refractivity contribution in [2.75, 3.05) is 19.7 Å². The summed E-state index contributed by atoms with van der Waals surface area (Å²) in [7, 11) is 0. The molecule has 0 radical (unpaired) electrons. The molecular formula is C16H21FN2O3. The van der Waals surface area contributed by atoms with Crippen molar-refractivity contribution in [2.24, 2.45) is 0 Å². The number of likely N-dealkylation sites (tertiary alicyclic amines) is 1. The number of halogens is 1. The van der Waals surface area contributed by atoms with Crippen LogP contribution in [0, 0.1) is 5.82 Å². The molecule has 6 heteroatoms. The summed E-state index contributed by atoms with van der Waals surface area (Å²) in [5, 5.41) is 0. The van der Waals surface area contributed by atoms with Crippen LogP contribution in [0.4, 0.5) is 4.39 Å². The van der Waals surface area contributed by atoms with Gasteiger partial charge < -0.3 is 14.4 Å². The van der Waals surface area contributed by atoms with Gasteiger partial charge in [0.25, 0.3) is 5.88 Å². The van der Waals surface area contributed by atoms with Gasteiger partial charge in [0, 0.05) is 25.5 Å². The lowest BCUT2D eigenvalue weighted by atomic mass is 9.84. The minimum atomic E-state index is -0.448. The Hall–Kier alpha value is -1.69. The Kier molecular flexibility index (Phi) is 4.29. The Labute approximate surface area is 129 Å². The van der Waals surface area contributed by atoms with Gasteiger partial charge in [-0.25, -0.2) is 9.37 Å². The molecule has 0 saturated carbocycles. The molecule has 2 saturated heterocycles. The number of hydrogen-bond donors (Lipinski definition) is 0. The van der Waals surface area contributed by atoms with Crippen LogP contribution in [0.15, 0.2) is 18.3 Å². The molecule has 5 nitrogen and oxygen atoms in total. The van der Waals surface area contributed by atoms with Crippen LogP contribution in [0.2, 0.25) is 0 Å². The van der Waals surface area contributed by atoms with Crippen molar-refractivity contribution in [3.63, 3.8) is 0 Å². The minimum Gasteiger partial charge on any atom is -0.472 e. The summed E-state index contributed by atoms with van der Waals surface area (Å²) < 4.78 is 25.2. The second kappa shape index (κ2) is 6.20. The molecule has 0 bridgehead atoms. The first-order valence-corrected chi connectivity index (χ1v) is 7.81. The van der Waals surface area contributed by atoms with Crippen LogP contribution in [0.1, 0.15) is 32.6 Å². The highest BCUT2D eigenvalue weighted by Crippen LogP contribution is 2.36. The maximum Gasteiger partial charge on any atom is 0.250 e. The molecule has 1 aromatic rings. The predicted molar refractivity (Wildman–Crippen MR) is 78.0 cm³/mol. The molecule has 1 amide bonds. The molecule has 0 aromatic carbocycles. The number of pyridine rings is 1. The molecule has 0 unspecified atom stereocenters. The van der Waals surface area contributed by atoms with Crippen molar-refractivity contribution in [3.8, 4) is 5.88 Å². The van der Waals surface area contributed by atoms with Gasteiger partial charge in [-0.2, -0.15) is 0 Å². The Morgan fingerprint density at radius 2 is 2.41 bits per heavy atom. The fourth-order valence-electron chi connectivity index (χ4n) is 3.12. The maximum absolute atomic E-state index is 13.6. The Balaban J connectivity index is 1.57. The van der Waals surface area contributed by atoms with E-state index in [0.29, 0.717) is 39.0 Å². The molecule has 120 valence electrons. The van der Waals surface area contributed by atoms with Gasteiger partial charge in [-0.05, 0) is 18.6 Å². The molecule has 1 spiro atoms. The molecular weight excluding hydrogens is 287 g/mol. The van der Waals surface area contributed by atoms with E-state index in [1.165, 1.54) is 18.3 Å². The standard InChI is InChI=1S/C16H21FN2O3/c1-2-4-14(20)19-10-16(11-19)9-12(6-8-21-16)22-15-13(17)5-3-7-18-15/h3,5,7,12H,2,4,6,8-11H2,1H3/t12-/m1/s1. The third-order valence-electron chi connectivity index (χ3n) is 4.23. The van der Waals surface area contributed by atoms with Crippen molar-refractivity contribution in [1.29, 1.82) is 0 Å². The van der Waals surface area contributed by atoms with Crippen molar-refractivity contribution in [1.82, 2.24) is 9.88 Å². The largest absolute Gasteiger partial charge is 0.472 e. The molecule has 2 aliphatic rings. The maximum atomic E-state index is 13.6. The average molecular weight is 308 g/mol. The SMILES string of the molecule is CCCC(=O)N1CC2(C[C@H](Oc3ncccc3F)CCO2)C1. The first-order valence-electron chi connectivity index (χ1n) is 7.81. The lowest BCUT2D eigenvalue weighted by Gasteiger charge is -2.52. The van der Waals surface area contributed by atoms with Gasteiger partial charge >= 0.3 is 0 Å². The molecule has 2 fully saturated rings. The summed E-state index contributed by atoms with van der Waals surface area (Å²) >= 11 is 0. The highest BCUT2D eigenvalue weighted by atomic mass is 19.1. The predicted octanol–water partition coefficient (Wildman–Crippen LogP) is 2.16. The van der Waals surface area contributed by atoms with E-state index in [9.17, 15) is 9.18 Å². The smallest absolute Gasteiger partial charge is 0.250 e. The van der Waals surface area contributed by atoms with E-state index >= 15 is 0 Å². The first-order chi connectivity index (χ1) is 10.6. The third-order valence-corrected chi connectivity index (χ3v) is 4.23. The zero-order chi connectivity index (χ0) is 15.6. The molecule has 2 aliphatic heterocycles. The van der Waals surface area contributed by atoms with Crippen LogP contribution >= 0.6 is 0 Å². The lowest BCUT2D eigenvalue weighted by molar-refractivity contribution is -0.193. The van der Waals surface area contributed by atoms with Gasteiger partial charge in [0.2, 0.25) is 5.91 Å². The van der Waals surface area contributed by atoms with Crippen LogP contribution in [-0.4, -0.2) is 47.2 Å². The average Bonchev–Trinajstić information content (AvgIpc) is 2.47. The van der Waals surface area contributed by atoms with Gasteiger partial charge in [0.1, 0.15) is 11.7 Å². The van der Waals surface area contributed by atoms with Crippen molar-refractivity contribution in [2.45, 2.75) is 44.3 Å². The Bertz CT molecular complexity index is 546. The molecule has 22 heavy (non-hydrogen) atoms. The van der Waals surface area contributed by atoms with Crippen LogP contribution < -0.4 is 4.74 Å². The Morgan fingerprint density at radius 1 is 1.59 bits per heavy atom. The van der Waals surface area contributed by atoms with Crippen molar-refractivity contribution >= 4 is 5.91 Å². The minimum absolute atomic E-state index is 0.0442. The van der Waals surface area contributed by atoms with Crippen LogP contribution in [0.3, 0.4) is 0 Å². The first kappa shape index (κ1) is 15.2. The fraction of sp³-hybridized carbons (Fsp3) is 0.625.